The Morgan fingerprint density at radius 3 is 2.83 bits per heavy atom. The number of nitrogens with zero attached hydrogens (tertiary/aromatic N) is 5. The number of aromatic nitrogens is 3. The van der Waals surface area contributed by atoms with Crippen LogP contribution in [0.4, 0.5) is 0 Å². The van der Waals surface area contributed by atoms with Crippen molar-refractivity contribution in [2.75, 3.05) is 19.6 Å². The monoisotopic (exact) mass is 363 g/mol. The van der Waals surface area contributed by atoms with Crippen LogP contribution in [0, 0.1) is 5.41 Å². The number of likely N-dealkylation sites (tertiary alicyclic amines) is 2. The maximum atomic E-state index is 12.7. The molecule has 0 aromatic carbocycles. The molecule has 126 valence electrons. The fraction of sp³-hybridized carbons (Fsp3) is 0.500. The second-order valence-corrected chi connectivity index (χ2v) is 7.91. The lowest BCUT2D eigenvalue weighted by Crippen LogP contribution is -2.66. The number of hydrogen-bond acceptors (Lipinski definition) is 6. The quantitative estimate of drug-likeness (QED) is 0.779. The molecule has 4 heterocycles. The van der Waals surface area contributed by atoms with Gasteiger partial charge >= 0.3 is 0 Å². The smallest absolute Gasteiger partial charge is 0.232 e. The summed E-state index contributed by atoms with van der Waals surface area (Å²) in [7, 11) is 0. The van der Waals surface area contributed by atoms with Crippen LogP contribution in [0.1, 0.15) is 23.4 Å². The number of piperidine rings is 1. The fourth-order valence-corrected chi connectivity index (χ4v) is 4.41. The van der Waals surface area contributed by atoms with Crippen molar-refractivity contribution in [3.63, 3.8) is 0 Å². The second-order valence-electron chi connectivity index (χ2n) is 6.55. The summed E-state index contributed by atoms with van der Waals surface area (Å²) in [6, 6.07) is 0. The molecule has 0 radical (unpaired) electrons. The first-order valence-corrected chi connectivity index (χ1v) is 9.26. The summed E-state index contributed by atoms with van der Waals surface area (Å²) in [5.41, 5.74) is 2.50. The maximum Gasteiger partial charge on any atom is 0.232 e. The van der Waals surface area contributed by atoms with E-state index in [2.05, 4.69) is 19.9 Å². The van der Waals surface area contributed by atoms with Crippen LogP contribution in [-0.4, -0.2) is 50.3 Å². The minimum atomic E-state index is -0.206. The van der Waals surface area contributed by atoms with E-state index in [9.17, 15) is 4.79 Å². The zero-order valence-corrected chi connectivity index (χ0v) is 14.8. The van der Waals surface area contributed by atoms with Crippen LogP contribution in [-0.2, 0) is 17.9 Å². The van der Waals surface area contributed by atoms with Crippen molar-refractivity contribution in [3.05, 3.63) is 39.8 Å². The van der Waals surface area contributed by atoms with E-state index in [-0.39, 0.29) is 11.3 Å². The summed E-state index contributed by atoms with van der Waals surface area (Å²) in [4.78, 5) is 30.6. The van der Waals surface area contributed by atoms with Crippen LogP contribution in [0.5, 0.6) is 0 Å². The Morgan fingerprint density at radius 1 is 1.21 bits per heavy atom. The molecule has 4 rings (SSSR count). The molecule has 2 saturated heterocycles. The molecule has 24 heavy (non-hydrogen) atoms. The zero-order valence-electron chi connectivity index (χ0n) is 13.2. The van der Waals surface area contributed by atoms with Gasteiger partial charge in [0, 0.05) is 30.7 Å². The van der Waals surface area contributed by atoms with Crippen molar-refractivity contribution in [3.8, 4) is 0 Å². The number of thiazole rings is 1. The minimum Gasteiger partial charge on any atom is -0.336 e. The van der Waals surface area contributed by atoms with Crippen molar-refractivity contribution in [1.82, 2.24) is 24.8 Å². The predicted octanol–water partition coefficient (Wildman–Crippen LogP) is 2.21. The van der Waals surface area contributed by atoms with Crippen LogP contribution in [0.3, 0.4) is 0 Å². The molecule has 0 bridgehead atoms. The molecule has 0 aliphatic carbocycles. The van der Waals surface area contributed by atoms with E-state index < -0.39 is 0 Å². The molecule has 2 aliphatic heterocycles. The highest BCUT2D eigenvalue weighted by atomic mass is 35.5. The van der Waals surface area contributed by atoms with E-state index in [1.807, 2.05) is 16.6 Å². The van der Waals surface area contributed by atoms with Crippen LogP contribution in [0.25, 0.3) is 0 Å². The molecule has 1 spiro atoms. The van der Waals surface area contributed by atoms with Gasteiger partial charge in [-0.3, -0.25) is 19.7 Å². The Morgan fingerprint density at radius 2 is 2.12 bits per heavy atom. The Hall–Kier alpha value is -1.57. The Balaban J connectivity index is 1.38. The summed E-state index contributed by atoms with van der Waals surface area (Å²) in [6.45, 7) is 4.04. The molecular weight excluding hydrogens is 346 g/mol. The minimum absolute atomic E-state index is 0.206. The van der Waals surface area contributed by atoms with Crippen LogP contribution in [0.2, 0.25) is 5.15 Å². The van der Waals surface area contributed by atoms with Gasteiger partial charge in [0.2, 0.25) is 5.91 Å². The summed E-state index contributed by atoms with van der Waals surface area (Å²) >= 11 is 7.38. The van der Waals surface area contributed by atoms with Crippen molar-refractivity contribution < 1.29 is 4.79 Å². The number of amides is 1. The molecule has 8 heteroatoms. The van der Waals surface area contributed by atoms with Crippen LogP contribution >= 0.6 is 22.9 Å². The van der Waals surface area contributed by atoms with Gasteiger partial charge in [0.1, 0.15) is 5.15 Å². The third-order valence-electron chi connectivity index (χ3n) is 4.78. The van der Waals surface area contributed by atoms with Gasteiger partial charge in [-0.15, -0.1) is 11.3 Å². The molecule has 6 nitrogen and oxygen atoms in total. The lowest BCUT2D eigenvalue weighted by atomic mass is 9.72. The molecule has 0 unspecified atom stereocenters. The van der Waals surface area contributed by atoms with E-state index in [1.54, 1.807) is 23.7 Å². The van der Waals surface area contributed by atoms with E-state index in [1.165, 1.54) is 0 Å². The normalized spacial score (nSPS) is 24.4. The first kappa shape index (κ1) is 15.9. The Bertz CT molecular complexity index is 723. The van der Waals surface area contributed by atoms with Gasteiger partial charge in [0.15, 0.2) is 0 Å². The second kappa shape index (κ2) is 6.38. The van der Waals surface area contributed by atoms with E-state index >= 15 is 0 Å². The average molecular weight is 364 g/mol. The predicted molar refractivity (Wildman–Crippen MR) is 91.5 cm³/mol. The standard InChI is InChI=1S/C16H18ClN5OS/c17-14-6-19-12(4-20-14)7-21-3-1-2-16(9-21)10-22(15(16)23)8-13-5-18-11-24-13/h4-6,11H,1-3,7-10H2/t16-/m0/s1. The highest BCUT2D eigenvalue weighted by Crippen LogP contribution is 2.41. The lowest BCUT2D eigenvalue weighted by molar-refractivity contribution is -0.167. The Labute approximate surface area is 149 Å². The molecule has 2 aliphatic rings. The van der Waals surface area contributed by atoms with Gasteiger partial charge in [-0.2, -0.15) is 0 Å². The largest absolute Gasteiger partial charge is 0.336 e. The van der Waals surface area contributed by atoms with E-state index in [4.69, 9.17) is 11.6 Å². The van der Waals surface area contributed by atoms with Crippen LogP contribution in [0.15, 0.2) is 24.1 Å². The molecular formula is C16H18ClN5OS. The number of hydrogen-bond donors (Lipinski definition) is 0. The van der Waals surface area contributed by atoms with Crippen molar-refractivity contribution in [1.29, 1.82) is 0 Å². The SMILES string of the molecule is O=C1N(Cc2cncs2)C[C@@]12CCCN(Cc1cnc(Cl)cn1)C2. The average Bonchev–Trinajstić information content (AvgIpc) is 3.10. The summed E-state index contributed by atoms with van der Waals surface area (Å²) < 4.78 is 0. The van der Waals surface area contributed by atoms with Crippen molar-refractivity contribution >= 4 is 28.8 Å². The number of β-lactam (4-membered cyclic amide) rings is 1. The third-order valence-corrected chi connectivity index (χ3v) is 5.74. The molecule has 2 fully saturated rings. The van der Waals surface area contributed by atoms with Gasteiger partial charge in [0.25, 0.3) is 0 Å². The van der Waals surface area contributed by atoms with E-state index in [0.29, 0.717) is 18.2 Å². The number of carbonyl (C=O) groups is 1. The first-order chi connectivity index (χ1) is 11.6. The van der Waals surface area contributed by atoms with Crippen LogP contribution < -0.4 is 0 Å². The van der Waals surface area contributed by atoms with Crippen molar-refractivity contribution in [2.24, 2.45) is 5.41 Å². The zero-order chi connectivity index (χ0) is 16.6. The summed E-state index contributed by atoms with van der Waals surface area (Å²) in [6.07, 6.45) is 7.15. The molecule has 1 atom stereocenters. The summed E-state index contributed by atoms with van der Waals surface area (Å²) in [5.74, 6) is 0.280. The van der Waals surface area contributed by atoms with Crippen molar-refractivity contribution in [2.45, 2.75) is 25.9 Å². The first-order valence-electron chi connectivity index (χ1n) is 8.00. The number of rotatable bonds is 4. The lowest BCUT2D eigenvalue weighted by Gasteiger charge is -2.53. The Kier molecular flexibility index (Phi) is 4.24. The highest BCUT2D eigenvalue weighted by Gasteiger charge is 2.53. The molecule has 2 aromatic heterocycles. The molecule has 0 saturated carbocycles. The highest BCUT2D eigenvalue weighted by molar-refractivity contribution is 7.09. The summed E-state index contributed by atoms with van der Waals surface area (Å²) in [5, 5.41) is 0.404. The molecule has 2 aromatic rings. The maximum absolute atomic E-state index is 12.7. The van der Waals surface area contributed by atoms with Gasteiger partial charge in [-0.25, -0.2) is 4.98 Å². The number of halogens is 1. The number of carbonyl (C=O) groups excluding carboxylic acids is 1. The van der Waals surface area contributed by atoms with Gasteiger partial charge in [0.05, 0.1) is 35.6 Å². The van der Waals surface area contributed by atoms with Gasteiger partial charge < -0.3 is 4.90 Å². The van der Waals surface area contributed by atoms with Gasteiger partial charge in [-0.1, -0.05) is 11.6 Å². The fourth-order valence-electron chi connectivity index (χ4n) is 3.70. The third kappa shape index (κ3) is 3.03. The van der Waals surface area contributed by atoms with E-state index in [0.717, 1.165) is 43.0 Å². The molecule has 0 N–H and O–H groups in total. The van der Waals surface area contributed by atoms with Gasteiger partial charge in [-0.05, 0) is 19.4 Å². The topological polar surface area (TPSA) is 62.2 Å². The molecule has 1 amide bonds.